The van der Waals surface area contributed by atoms with Gasteiger partial charge < -0.3 is 4.74 Å². The fraction of sp³-hybridized carbons (Fsp3) is 0.455. The molecule has 2 aromatic rings. The second kappa shape index (κ2) is 8.09. The molecule has 0 atom stereocenters. The van der Waals surface area contributed by atoms with Crippen molar-refractivity contribution >= 4 is 0 Å². The largest absolute Gasteiger partial charge is 0.380 e. The molecular weight excluding hydrogens is 318 g/mol. The topological polar surface area (TPSA) is 9.23 Å². The summed E-state index contributed by atoms with van der Waals surface area (Å²) < 4.78 is 33.1. The first-order valence-electron chi connectivity index (χ1n) is 9.19. The molecule has 0 radical (unpaired) electrons. The van der Waals surface area contributed by atoms with Crippen molar-refractivity contribution in [2.24, 2.45) is 5.92 Å². The third kappa shape index (κ3) is 4.09. The van der Waals surface area contributed by atoms with E-state index in [0.717, 1.165) is 11.5 Å². The van der Waals surface area contributed by atoms with Crippen LogP contribution in [0.5, 0.6) is 0 Å². The van der Waals surface area contributed by atoms with Crippen LogP contribution in [0.15, 0.2) is 36.4 Å². The van der Waals surface area contributed by atoms with Crippen LogP contribution in [0.3, 0.4) is 0 Å². The molecular formula is C22H26F2O. The molecule has 0 spiro atoms. The molecule has 0 aliphatic heterocycles. The van der Waals surface area contributed by atoms with Gasteiger partial charge in [0.2, 0.25) is 0 Å². The molecule has 3 rings (SSSR count). The van der Waals surface area contributed by atoms with Gasteiger partial charge in [0, 0.05) is 12.7 Å². The molecule has 0 amide bonds. The summed E-state index contributed by atoms with van der Waals surface area (Å²) in [5, 5.41) is 0. The highest BCUT2D eigenvalue weighted by molar-refractivity contribution is 5.64. The highest BCUT2D eigenvalue weighted by atomic mass is 19.1. The quantitative estimate of drug-likeness (QED) is 0.604. The summed E-state index contributed by atoms with van der Waals surface area (Å²) in [4.78, 5) is 0. The Morgan fingerprint density at radius 3 is 2.04 bits per heavy atom. The molecule has 0 aromatic heterocycles. The predicted octanol–water partition coefficient (Wildman–Crippen LogP) is 6.46. The van der Waals surface area contributed by atoms with Gasteiger partial charge in [-0.1, -0.05) is 37.6 Å². The van der Waals surface area contributed by atoms with Crippen molar-refractivity contribution in [2.45, 2.75) is 51.6 Å². The van der Waals surface area contributed by atoms with E-state index in [0.29, 0.717) is 11.5 Å². The average Bonchev–Trinajstić information content (AvgIpc) is 2.65. The third-order valence-electron chi connectivity index (χ3n) is 5.57. The lowest BCUT2D eigenvalue weighted by atomic mass is 9.77. The van der Waals surface area contributed by atoms with Gasteiger partial charge in [-0.05, 0) is 66.3 Å². The van der Waals surface area contributed by atoms with Crippen LogP contribution >= 0.6 is 0 Å². The van der Waals surface area contributed by atoms with Gasteiger partial charge in [-0.3, -0.25) is 0 Å². The third-order valence-corrected chi connectivity index (χ3v) is 5.57. The molecule has 1 aliphatic carbocycles. The van der Waals surface area contributed by atoms with Crippen LogP contribution in [0.25, 0.3) is 11.1 Å². The van der Waals surface area contributed by atoms with Gasteiger partial charge in [-0.2, -0.15) is 0 Å². The van der Waals surface area contributed by atoms with Crippen molar-refractivity contribution in [3.05, 3.63) is 59.2 Å². The molecule has 0 heterocycles. The fourth-order valence-electron chi connectivity index (χ4n) is 3.90. The standard InChI is InChI=1S/C22H26F2O/c1-3-15-4-6-16(7-5-15)17-8-10-18(11-9-17)19-12-21(23)20(14-25-2)22(24)13-19/h8-13,15-16H,3-7,14H2,1-2H3. The number of benzene rings is 2. The van der Waals surface area contributed by atoms with Gasteiger partial charge in [-0.15, -0.1) is 0 Å². The van der Waals surface area contributed by atoms with Crippen LogP contribution in [0.1, 0.15) is 56.1 Å². The Balaban J connectivity index is 1.76. The second-order valence-electron chi connectivity index (χ2n) is 7.10. The Bertz CT molecular complexity index is 677. The summed E-state index contributed by atoms with van der Waals surface area (Å²) in [5.41, 5.74) is 2.73. The van der Waals surface area contributed by atoms with Crippen LogP contribution in [-0.4, -0.2) is 7.11 Å². The summed E-state index contributed by atoms with van der Waals surface area (Å²) in [5.74, 6) is 0.388. The predicted molar refractivity (Wildman–Crippen MR) is 97.5 cm³/mol. The molecule has 0 saturated heterocycles. The number of rotatable bonds is 5. The maximum atomic E-state index is 14.1. The molecule has 0 N–H and O–H groups in total. The first kappa shape index (κ1) is 18.1. The van der Waals surface area contributed by atoms with Crippen LogP contribution in [0, 0.1) is 17.6 Å². The first-order chi connectivity index (χ1) is 12.1. The zero-order valence-electron chi connectivity index (χ0n) is 15.0. The van der Waals surface area contributed by atoms with Crippen LogP contribution in [0.4, 0.5) is 8.78 Å². The van der Waals surface area contributed by atoms with E-state index in [4.69, 9.17) is 4.74 Å². The Labute approximate surface area is 149 Å². The normalized spacial score (nSPS) is 20.6. The molecule has 1 nitrogen and oxygen atoms in total. The minimum atomic E-state index is -0.557. The fourth-order valence-corrected chi connectivity index (χ4v) is 3.90. The Morgan fingerprint density at radius 1 is 0.920 bits per heavy atom. The van der Waals surface area contributed by atoms with Gasteiger partial charge >= 0.3 is 0 Å². The summed E-state index contributed by atoms with van der Waals surface area (Å²) >= 11 is 0. The number of hydrogen-bond acceptors (Lipinski definition) is 1. The molecule has 3 heteroatoms. The lowest BCUT2D eigenvalue weighted by molar-refractivity contribution is 0.177. The van der Waals surface area contributed by atoms with E-state index in [1.165, 1.54) is 56.9 Å². The summed E-state index contributed by atoms with van der Waals surface area (Å²) in [6.45, 7) is 2.22. The molecule has 1 fully saturated rings. The molecule has 134 valence electrons. The van der Waals surface area contributed by atoms with Crippen LogP contribution in [-0.2, 0) is 11.3 Å². The van der Waals surface area contributed by atoms with Crippen molar-refractivity contribution in [3.63, 3.8) is 0 Å². The summed E-state index contributed by atoms with van der Waals surface area (Å²) in [6, 6.07) is 11.0. The summed E-state index contributed by atoms with van der Waals surface area (Å²) in [6.07, 6.45) is 6.38. The van der Waals surface area contributed by atoms with Crippen molar-refractivity contribution in [1.29, 1.82) is 0 Å². The summed E-state index contributed by atoms with van der Waals surface area (Å²) in [7, 11) is 1.43. The minimum absolute atomic E-state index is 0.0180. The molecule has 0 unspecified atom stereocenters. The highest BCUT2D eigenvalue weighted by Crippen LogP contribution is 2.37. The maximum absolute atomic E-state index is 14.1. The van der Waals surface area contributed by atoms with Crippen molar-refractivity contribution < 1.29 is 13.5 Å². The maximum Gasteiger partial charge on any atom is 0.132 e. The van der Waals surface area contributed by atoms with E-state index in [1.54, 1.807) is 0 Å². The number of methoxy groups -OCH3 is 1. The first-order valence-corrected chi connectivity index (χ1v) is 9.19. The van der Waals surface area contributed by atoms with Crippen molar-refractivity contribution in [1.82, 2.24) is 0 Å². The average molecular weight is 344 g/mol. The number of ether oxygens (including phenoxy) is 1. The lowest BCUT2D eigenvalue weighted by Crippen LogP contribution is -2.12. The van der Waals surface area contributed by atoms with Gasteiger partial charge in [0.05, 0.1) is 6.61 Å². The Morgan fingerprint density at radius 2 is 1.52 bits per heavy atom. The molecule has 2 aromatic carbocycles. The van der Waals surface area contributed by atoms with E-state index < -0.39 is 11.6 Å². The molecule has 1 aliphatic rings. The SMILES string of the molecule is CCC1CCC(c2ccc(-c3cc(F)c(COC)c(F)c3)cc2)CC1. The molecule has 25 heavy (non-hydrogen) atoms. The van der Waals surface area contributed by atoms with Gasteiger partial charge in [0.25, 0.3) is 0 Å². The van der Waals surface area contributed by atoms with Gasteiger partial charge in [0.1, 0.15) is 11.6 Å². The second-order valence-corrected chi connectivity index (χ2v) is 7.10. The van der Waals surface area contributed by atoms with E-state index in [9.17, 15) is 8.78 Å². The van der Waals surface area contributed by atoms with Crippen LogP contribution in [0.2, 0.25) is 0 Å². The van der Waals surface area contributed by atoms with Gasteiger partial charge in [-0.25, -0.2) is 8.78 Å². The van der Waals surface area contributed by atoms with Crippen molar-refractivity contribution in [3.8, 4) is 11.1 Å². The zero-order valence-corrected chi connectivity index (χ0v) is 15.0. The smallest absolute Gasteiger partial charge is 0.132 e. The van der Waals surface area contributed by atoms with Crippen LogP contribution < -0.4 is 0 Å². The Hall–Kier alpha value is -1.74. The van der Waals surface area contributed by atoms with E-state index >= 15 is 0 Å². The Kier molecular flexibility index (Phi) is 5.85. The van der Waals surface area contributed by atoms with Gasteiger partial charge in [0.15, 0.2) is 0 Å². The highest BCUT2D eigenvalue weighted by Gasteiger charge is 2.21. The van der Waals surface area contributed by atoms with Crippen molar-refractivity contribution in [2.75, 3.05) is 7.11 Å². The van der Waals surface area contributed by atoms with E-state index in [1.807, 2.05) is 12.1 Å². The molecule has 1 saturated carbocycles. The van der Waals surface area contributed by atoms with E-state index in [2.05, 4.69) is 19.1 Å². The molecule has 0 bridgehead atoms. The number of halogens is 2. The number of hydrogen-bond donors (Lipinski definition) is 0. The zero-order chi connectivity index (χ0) is 17.8. The van der Waals surface area contributed by atoms with E-state index in [-0.39, 0.29) is 12.2 Å². The lowest BCUT2D eigenvalue weighted by Gasteiger charge is -2.28. The monoisotopic (exact) mass is 344 g/mol. The minimum Gasteiger partial charge on any atom is -0.380 e.